The second kappa shape index (κ2) is 4.21. The Bertz CT molecular complexity index is 194. The van der Waals surface area contributed by atoms with Gasteiger partial charge in [-0.25, -0.2) is 0 Å². The van der Waals surface area contributed by atoms with E-state index in [4.69, 9.17) is 4.74 Å². The minimum Gasteiger partial charge on any atom is -0.374 e. The number of nitrogens with zero attached hydrogens (tertiary/aromatic N) is 1. The summed E-state index contributed by atoms with van der Waals surface area (Å²) in [5, 5.41) is 10.4. The molecule has 68 valence electrons. The highest BCUT2D eigenvalue weighted by atomic mass is 16.6. The van der Waals surface area contributed by atoms with E-state index in [0.717, 1.165) is 19.4 Å². The van der Waals surface area contributed by atoms with Crippen molar-refractivity contribution in [2.45, 2.75) is 32.3 Å². The number of hydrogen-bond donors (Lipinski definition) is 0. The van der Waals surface area contributed by atoms with Gasteiger partial charge in [-0.3, -0.25) is 10.1 Å². The molecule has 1 unspecified atom stereocenters. The first-order valence-corrected chi connectivity index (χ1v) is 4.20. The molecule has 0 aliphatic carbocycles. The van der Waals surface area contributed by atoms with Gasteiger partial charge in [-0.1, -0.05) is 6.92 Å². The molecule has 0 saturated carbocycles. The Morgan fingerprint density at radius 2 is 2.58 bits per heavy atom. The quantitative estimate of drug-likeness (QED) is 0.480. The molecule has 0 radical (unpaired) electrons. The molecular weight excluding hydrogens is 158 g/mol. The van der Waals surface area contributed by atoms with Gasteiger partial charge in [0.25, 0.3) is 0 Å². The molecule has 0 amide bonds. The van der Waals surface area contributed by atoms with Gasteiger partial charge in [0.2, 0.25) is 5.70 Å². The van der Waals surface area contributed by atoms with Gasteiger partial charge in [-0.05, 0) is 12.8 Å². The van der Waals surface area contributed by atoms with Gasteiger partial charge in [0, 0.05) is 19.1 Å². The zero-order valence-electron chi connectivity index (χ0n) is 7.16. The predicted octanol–water partition coefficient (Wildman–Crippen LogP) is 1.74. The lowest BCUT2D eigenvalue weighted by Gasteiger charge is -2.01. The molecule has 0 aromatic rings. The Morgan fingerprint density at radius 3 is 3.00 bits per heavy atom. The van der Waals surface area contributed by atoms with E-state index < -0.39 is 0 Å². The van der Waals surface area contributed by atoms with Crippen LogP contribution < -0.4 is 0 Å². The van der Waals surface area contributed by atoms with Gasteiger partial charge >= 0.3 is 0 Å². The lowest BCUT2D eigenvalue weighted by atomic mass is 10.2. The molecule has 1 atom stereocenters. The molecule has 1 aliphatic heterocycles. The van der Waals surface area contributed by atoms with E-state index in [1.807, 2.05) is 0 Å². The number of rotatable bonds is 3. The van der Waals surface area contributed by atoms with E-state index in [2.05, 4.69) is 0 Å². The number of ether oxygens (including phenoxy) is 1. The summed E-state index contributed by atoms with van der Waals surface area (Å²) < 4.78 is 5.25. The Morgan fingerprint density at radius 1 is 1.83 bits per heavy atom. The van der Waals surface area contributed by atoms with Crippen molar-refractivity contribution in [2.75, 3.05) is 6.61 Å². The highest BCUT2D eigenvalue weighted by Crippen LogP contribution is 2.16. The van der Waals surface area contributed by atoms with Gasteiger partial charge in [0.05, 0.1) is 11.0 Å². The van der Waals surface area contributed by atoms with Gasteiger partial charge < -0.3 is 4.74 Å². The molecule has 1 heterocycles. The van der Waals surface area contributed by atoms with Crippen LogP contribution in [0, 0.1) is 10.1 Å². The molecule has 12 heavy (non-hydrogen) atoms. The van der Waals surface area contributed by atoms with Crippen LogP contribution in [0.15, 0.2) is 11.8 Å². The Balaban J connectivity index is 2.56. The topological polar surface area (TPSA) is 52.4 Å². The van der Waals surface area contributed by atoms with Crippen molar-refractivity contribution in [1.82, 2.24) is 0 Å². The van der Waals surface area contributed by atoms with Crippen LogP contribution in [-0.4, -0.2) is 17.6 Å². The molecule has 4 heteroatoms. The monoisotopic (exact) mass is 171 g/mol. The van der Waals surface area contributed by atoms with Crippen molar-refractivity contribution < 1.29 is 9.66 Å². The van der Waals surface area contributed by atoms with Crippen LogP contribution >= 0.6 is 0 Å². The third kappa shape index (κ3) is 2.30. The van der Waals surface area contributed by atoms with Crippen molar-refractivity contribution in [3.05, 3.63) is 21.9 Å². The number of nitro groups is 1. The van der Waals surface area contributed by atoms with Crippen molar-refractivity contribution >= 4 is 0 Å². The minimum absolute atomic E-state index is 0.0228. The third-order valence-electron chi connectivity index (χ3n) is 1.94. The van der Waals surface area contributed by atoms with Crippen molar-refractivity contribution in [1.29, 1.82) is 0 Å². The maximum atomic E-state index is 10.4. The first-order valence-electron chi connectivity index (χ1n) is 4.20. The zero-order chi connectivity index (χ0) is 8.97. The third-order valence-corrected chi connectivity index (χ3v) is 1.94. The van der Waals surface area contributed by atoms with Crippen molar-refractivity contribution in [3.63, 3.8) is 0 Å². The predicted molar refractivity (Wildman–Crippen MR) is 44.3 cm³/mol. The van der Waals surface area contributed by atoms with E-state index >= 15 is 0 Å². The molecule has 0 bridgehead atoms. The Kier molecular flexibility index (Phi) is 3.22. The molecule has 0 N–H and O–H groups in total. The minimum atomic E-state index is -0.332. The van der Waals surface area contributed by atoms with E-state index in [0.29, 0.717) is 6.42 Å². The molecule has 1 fully saturated rings. The van der Waals surface area contributed by atoms with Crippen LogP contribution in [0.3, 0.4) is 0 Å². The molecule has 1 aliphatic rings. The molecule has 0 aromatic carbocycles. The van der Waals surface area contributed by atoms with E-state index in [1.165, 1.54) is 0 Å². The second-order valence-corrected chi connectivity index (χ2v) is 2.82. The fourth-order valence-electron chi connectivity index (χ4n) is 1.26. The van der Waals surface area contributed by atoms with Crippen molar-refractivity contribution in [3.8, 4) is 0 Å². The largest absolute Gasteiger partial charge is 0.374 e. The maximum Gasteiger partial charge on any atom is 0.244 e. The fourth-order valence-corrected chi connectivity index (χ4v) is 1.26. The number of hydrogen-bond acceptors (Lipinski definition) is 3. The van der Waals surface area contributed by atoms with Gasteiger partial charge in [0.1, 0.15) is 0 Å². The van der Waals surface area contributed by atoms with Crippen LogP contribution in [0.2, 0.25) is 0 Å². The molecular formula is C8H13NO3. The van der Waals surface area contributed by atoms with Crippen LogP contribution in [0.1, 0.15) is 26.2 Å². The summed E-state index contributed by atoms with van der Waals surface area (Å²) in [7, 11) is 0. The molecule has 0 aromatic heterocycles. The van der Waals surface area contributed by atoms with E-state index in [1.54, 1.807) is 13.0 Å². The highest BCUT2D eigenvalue weighted by molar-refractivity contribution is 4.97. The van der Waals surface area contributed by atoms with Crippen LogP contribution in [0.4, 0.5) is 0 Å². The lowest BCUT2D eigenvalue weighted by Crippen LogP contribution is -2.06. The van der Waals surface area contributed by atoms with Crippen LogP contribution in [0.25, 0.3) is 0 Å². The van der Waals surface area contributed by atoms with Gasteiger partial charge in [-0.2, -0.15) is 0 Å². The molecule has 4 nitrogen and oxygen atoms in total. The normalized spacial score (nSPS) is 24.4. The van der Waals surface area contributed by atoms with Gasteiger partial charge in [0.15, 0.2) is 0 Å². The molecule has 1 rings (SSSR count). The summed E-state index contributed by atoms with van der Waals surface area (Å²) in [5.74, 6) is 0. The Hall–Kier alpha value is -0.900. The van der Waals surface area contributed by atoms with Gasteiger partial charge in [-0.15, -0.1) is 0 Å². The fraction of sp³-hybridized carbons (Fsp3) is 0.750. The van der Waals surface area contributed by atoms with E-state index in [9.17, 15) is 10.1 Å². The number of allylic oxidation sites excluding steroid dienone is 1. The lowest BCUT2D eigenvalue weighted by molar-refractivity contribution is -0.428. The average molecular weight is 171 g/mol. The summed E-state index contributed by atoms with van der Waals surface area (Å²) in [6.07, 6.45) is 4.00. The molecule has 1 saturated heterocycles. The standard InChI is InChI=1S/C8H13NO3/c1-2-7(9(10)11)6-8-4-3-5-12-8/h6,8H,2-5H2,1H3/b7-6+. The maximum absolute atomic E-state index is 10.4. The smallest absolute Gasteiger partial charge is 0.244 e. The molecule has 0 spiro atoms. The first-order chi connectivity index (χ1) is 5.74. The summed E-state index contributed by atoms with van der Waals surface area (Å²) >= 11 is 0. The summed E-state index contributed by atoms with van der Waals surface area (Å²) in [6, 6.07) is 0. The summed E-state index contributed by atoms with van der Waals surface area (Å²) in [6.45, 7) is 2.51. The van der Waals surface area contributed by atoms with E-state index in [-0.39, 0.29) is 16.7 Å². The zero-order valence-corrected chi connectivity index (χ0v) is 7.16. The average Bonchev–Trinajstić information content (AvgIpc) is 2.51. The first kappa shape index (κ1) is 9.19. The Labute approximate surface area is 71.4 Å². The van der Waals surface area contributed by atoms with Crippen LogP contribution in [0.5, 0.6) is 0 Å². The van der Waals surface area contributed by atoms with Crippen molar-refractivity contribution in [2.24, 2.45) is 0 Å². The second-order valence-electron chi connectivity index (χ2n) is 2.82. The summed E-state index contributed by atoms with van der Waals surface area (Å²) in [4.78, 5) is 10.1. The van der Waals surface area contributed by atoms with Crippen LogP contribution in [-0.2, 0) is 4.74 Å². The highest BCUT2D eigenvalue weighted by Gasteiger charge is 2.17. The summed E-state index contributed by atoms with van der Waals surface area (Å²) in [5.41, 5.74) is 0.266. The SMILES string of the molecule is CC/C(=C\C1CCCO1)[N+](=O)[O-].